The summed E-state index contributed by atoms with van der Waals surface area (Å²) in [6.45, 7) is 12.1. The van der Waals surface area contributed by atoms with Gasteiger partial charge in [0, 0.05) is 25.8 Å². The highest BCUT2D eigenvalue weighted by molar-refractivity contribution is 5.66. The predicted octanol–water partition coefficient (Wildman–Crippen LogP) is 5.73. The first kappa shape index (κ1) is 24.0. The number of piperidine rings is 1. The summed E-state index contributed by atoms with van der Waals surface area (Å²) in [5.74, 6) is 3.49. The molecule has 3 saturated carbocycles. The van der Waals surface area contributed by atoms with Gasteiger partial charge in [-0.15, -0.1) is 0 Å². The van der Waals surface area contributed by atoms with Gasteiger partial charge in [0.05, 0.1) is 6.10 Å². The zero-order valence-corrected chi connectivity index (χ0v) is 22.4. The summed E-state index contributed by atoms with van der Waals surface area (Å²) < 4.78 is 12.7. The molecule has 0 aromatic carbocycles. The fourth-order valence-electron chi connectivity index (χ4n) is 10.6. The number of carbonyl (C=O) groups excluding carboxylic acids is 2. The number of nitrogens with zero attached hydrogens (tertiary/aromatic N) is 1. The molecule has 5 fully saturated rings. The lowest BCUT2D eigenvalue weighted by atomic mass is 9.46. The highest BCUT2D eigenvalue weighted by Crippen LogP contribution is 2.70. The third kappa shape index (κ3) is 3.28. The fourth-order valence-corrected chi connectivity index (χ4v) is 10.6. The summed E-state index contributed by atoms with van der Waals surface area (Å²) in [7, 11) is 0. The highest BCUT2D eigenvalue weighted by atomic mass is 16.5. The van der Waals surface area contributed by atoms with Gasteiger partial charge >= 0.3 is 5.97 Å². The molecule has 11 unspecified atom stereocenters. The molecule has 0 aromatic rings. The Labute approximate surface area is 211 Å². The second-order valence-electron chi connectivity index (χ2n) is 13.7. The Morgan fingerprint density at radius 1 is 1.14 bits per heavy atom. The van der Waals surface area contributed by atoms with Gasteiger partial charge in [0.15, 0.2) is 0 Å². The normalized spacial score (nSPS) is 52.7. The van der Waals surface area contributed by atoms with Crippen molar-refractivity contribution in [1.29, 1.82) is 0 Å². The number of carbonyl (C=O) groups is 2. The summed E-state index contributed by atoms with van der Waals surface area (Å²) >= 11 is 0. The second kappa shape index (κ2) is 8.07. The maximum Gasteiger partial charge on any atom is 0.302 e. The van der Waals surface area contributed by atoms with E-state index in [1.54, 1.807) is 5.57 Å². The number of hydrogen-bond donors (Lipinski definition) is 0. The zero-order valence-electron chi connectivity index (χ0n) is 22.4. The van der Waals surface area contributed by atoms with Crippen LogP contribution in [0.1, 0.15) is 92.4 Å². The summed E-state index contributed by atoms with van der Waals surface area (Å²) in [6.07, 6.45) is 14.0. The quantitative estimate of drug-likeness (QED) is 0.286. The number of rotatable bonds is 2. The molecule has 35 heavy (non-hydrogen) atoms. The molecular weight excluding hydrogens is 438 g/mol. The molecular formula is C30H45NO4. The maximum atomic E-state index is 12.1. The molecule has 4 aliphatic carbocycles. The van der Waals surface area contributed by atoms with Gasteiger partial charge in [0.1, 0.15) is 11.8 Å². The second-order valence-corrected chi connectivity index (χ2v) is 13.7. The zero-order chi connectivity index (χ0) is 24.8. The first-order valence-electron chi connectivity index (χ1n) is 14.4. The van der Waals surface area contributed by atoms with Crippen molar-refractivity contribution in [1.82, 2.24) is 4.90 Å². The first-order valence-corrected chi connectivity index (χ1v) is 14.4. The number of allylic oxidation sites excluding steroid dienone is 1. The Kier molecular flexibility index (Phi) is 5.53. The number of esters is 1. The van der Waals surface area contributed by atoms with Gasteiger partial charge in [-0.3, -0.25) is 9.59 Å². The van der Waals surface area contributed by atoms with E-state index in [9.17, 15) is 9.59 Å². The van der Waals surface area contributed by atoms with Crippen LogP contribution in [-0.4, -0.2) is 41.8 Å². The van der Waals surface area contributed by atoms with Gasteiger partial charge in [0.25, 0.3) is 0 Å². The monoisotopic (exact) mass is 483 g/mol. The van der Waals surface area contributed by atoms with Gasteiger partial charge in [-0.2, -0.15) is 0 Å². The molecule has 5 nitrogen and oxygen atoms in total. The van der Waals surface area contributed by atoms with E-state index >= 15 is 0 Å². The molecule has 6 aliphatic rings. The number of hydrogen-bond acceptors (Lipinski definition) is 4. The van der Waals surface area contributed by atoms with Crippen LogP contribution in [0, 0.1) is 46.3 Å². The van der Waals surface area contributed by atoms with Gasteiger partial charge in [-0.25, -0.2) is 0 Å². The molecule has 194 valence electrons. The van der Waals surface area contributed by atoms with E-state index < -0.39 is 0 Å². The molecule has 0 aromatic heterocycles. The summed E-state index contributed by atoms with van der Waals surface area (Å²) in [6, 6.07) is 0. The van der Waals surface area contributed by atoms with Crippen LogP contribution < -0.4 is 0 Å². The molecule has 2 saturated heterocycles. The number of ether oxygens (including phenoxy) is 2. The topological polar surface area (TPSA) is 55.8 Å². The first-order chi connectivity index (χ1) is 16.6. The standard InChI is InChI=1S/C30H45NO4/c1-18-8-13-30(31(16-18)17-32)19(2)27-26(35-30)15-25-23-7-6-21-14-22(34-20(3)33)9-11-28(21,4)24(23)10-12-29(25,27)5/h6,17-19,22-27H,7-16H2,1-5H3. The van der Waals surface area contributed by atoms with Gasteiger partial charge in [-0.05, 0) is 91.8 Å². The van der Waals surface area contributed by atoms with Crippen LogP contribution >= 0.6 is 0 Å². The highest BCUT2D eigenvalue weighted by Gasteiger charge is 2.69. The van der Waals surface area contributed by atoms with Crippen LogP contribution in [-0.2, 0) is 19.1 Å². The minimum Gasteiger partial charge on any atom is -0.462 e. The molecule has 1 amide bonds. The van der Waals surface area contributed by atoms with Crippen molar-refractivity contribution in [3.05, 3.63) is 11.6 Å². The van der Waals surface area contributed by atoms with E-state index in [4.69, 9.17) is 9.47 Å². The Hall–Kier alpha value is -1.36. The lowest BCUT2D eigenvalue weighted by Crippen LogP contribution is -2.58. The molecule has 6 rings (SSSR count). The van der Waals surface area contributed by atoms with E-state index in [1.165, 1.54) is 26.2 Å². The molecule has 0 bridgehead atoms. The molecule has 2 aliphatic heterocycles. The average Bonchev–Trinajstić information content (AvgIpc) is 3.26. The smallest absolute Gasteiger partial charge is 0.302 e. The molecule has 1 spiro atoms. The summed E-state index contributed by atoms with van der Waals surface area (Å²) in [5, 5.41) is 0. The number of likely N-dealkylation sites (tertiary alicyclic amines) is 1. The van der Waals surface area contributed by atoms with E-state index in [0.717, 1.165) is 63.3 Å². The van der Waals surface area contributed by atoms with Gasteiger partial charge < -0.3 is 14.4 Å². The Bertz CT molecular complexity index is 931. The van der Waals surface area contributed by atoms with E-state index in [-0.39, 0.29) is 29.3 Å². The van der Waals surface area contributed by atoms with Crippen molar-refractivity contribution in [2.24, 2.45) is 46.3 Å². The molecule has 5 heteroatoms. The van der Waals surface area contributed by atoms with Crippen LogP contribution in [0.3, 0.4) is 0 Å². The third-order valence-electron chi connectivity index (χ3n) is 12.2. The largest absolute Gasteiger partial charge is 0.462 e. The summed E-state index contributed by atoms with van der Waals surface area (Å²) in [5.41, 5.74) is 1.72. The van der Waals surface area contributed by atoms with Crippen molar-refractivity contribution in [2.45, 2.75) is 110 Å². The molecule has 0 radical (unpaired) electrons. The maximum absolute atomic E-state index is 12.1. The van der Waals surface area contributed by atoms with Crippen molar-refractivity contribution in [3.63, 3.8) is 0 Å². The summed E-state index contributed by atoms with van der Waals surface area (Å²) in [4.78, 5) is 25.7. The van der Waals surface area contributed by atoms with Crippen molar-refractivity contribution in [2.75, 3.05) is 6.54 Å². The Morgan fingerprint density at radius 3 is 2.69 bits per heavy atom. The Balaban J connectivity index is 1.25. The van der Waals surface area contributed by atoms with Crippen LogP contribution in [0.5, 0.6) is 0 Å². The molecule has 2 heterocycles. The van der Waals surface area contributed by atoms with Crippen molar-refractivity contribution < 1.29 is 19.1 Å². The van der Waals surface area contributed by atoms with Crippen LogP contribution in [0.4, 0.5) is 0 Å². The lowest BCUT2D eigenvalue weighted by Gasteiger charge is -2.59. The lowest BCUT2D eigenvalue weighted by molar-refractivity contribution is -0.192. The van der Waals surface area contributed by atoms with Crippen LogP contribution in [0.25, 0.3) is 0 Å². The minimum absolute atomic E-state index is 0.0625. The SMILES string of the molecule is CC(=O)OC1CCC2(C)C(=CCC3C2CCC2(C)C3CC3OC4(CCC(C)CN4C=O)C(C)C32)C1. The van der Waals surface area contributed by atoms with Crippen molar-refractivity contribution >= 4 is 12.4 Å². The van der Waals surface area contributed by atoms with Gasteiger partial charge in [-0.1, -0.05) is 39.3 Å². The van der Waals surface area contributed by atoms with E-state index in [2.05, 4.69) is 33.8 Å². The van der Waals surface area contributed by atoms with Crippen LogP contribution in [0.15, 0.2) is 11.6 Å². The van der Waals surface area contributed by atoms with E-state index in [0.29, 0.717) is 29.1 Å². The average molecular weight is 484 g/mol. The molecule has 0 N–H and O–H groups in total. The van der Waals surface area contributed by atoms with E-state index in [1.807, 2.05) is 4.90 Å². The van der Waals surface area contributed by atoms with Crippen molar-refractivity contribution in [3.8, 4) is 0 Å². The minimum atomic E-state index is -0.380. The fraction of sp³-hybridized carbons (Fsp3) is 0.867. The molecule has 11 atom stereocenters. The van der Waals surface area contributed by atoms with Gasteiger partial charge in [0.2, 0.25) is 6.41 Å². The third-order valence-corrected chi connectivity index (χ3v) is 12.2. The predicted molar refractivity (Wildman–Crippen MR) is 134 cm³/mol. The van der Waals surface area contributed by atoms with Crippen LogP contribution in [0.2, 0.25) is 0 Å². The number of fused-ring (bicyclic) bond motifs is 7. The Morgan fingerprint density at radius 2 is 1.94 bits per heavy atom. The number of amides is 1.